The van der Waals surface area contributed by atoms with Gasteiger partial charge >= 0.3 is 0 Å². The van der Waals surface area contributed by atoms with Gasteiger partial charge < -0.3 is 4.52 Å². The molecule has 2 rings (SSSR count). The molecule has 20 heavy (non-hydrogen) atoms. The molecule has 1 aromatic heterocycles. The van der Waals surface area contributed by atoms with Gasteiger partial charge in [-0.25, -0.2) is 0 Å². The molecule has 1 aromatic carbocycles. The molecule has 0 amide bonds. The Balaban J connectivity index is 1.98. The van der Waals surface area contributed by atoms with E-state index in [1.807, 2.05) is 13.0 Å². The van der Waals surface area contributed by atoms with Gasteiger partial charge in [0.1, 0.15) is 5.76 Å². The van der Waals surface area contributed by atoms with Crippen LogP contribution < -0.4 is 0 Å². The van der Waals surface area contributed by atoms with Gasteiger partial charge in [0, 0.05) is 22.6 Å². The van der Waals surface area contributed by atoms with Crippen molar-refractivity contribution in [3.05, 3.63) is 52.9 Å². The molecule has 0 unspecified atom stereocenters. The fourth-order valence-corrected chi connectivity index (χ4v) is 3.10. The molecule has 0 bridgehead atoms. The predicted molar refractivity (Wildman–Crippen MR) is 81.9 cm³/mol. The summed E-state index contributed by atoms with van der Waals surface area (Å²) < 4.78 is 17.2. The number of hydrogen-bond donors (Lipinski definition) is 0. The maximum atomic E-state index is 12.1. The van der Waals surface area contributed by atoms with E-state index < -0.39 is 10.8 Å². The molecule has 0 aliphatic carbocycles. The Kier molecular flexibility index (Phi) is 4.43. The van der Waals surface area contributed by atoms with Crippen molar-refractivity contribution < 1.29 is 8.73 Å². The molecular formula is C16H21NO2S. The lowest BCUT2D eigenvalue weighted by atomic mass is 9.87. The van der Waals surface area contributed by atoms with Crippen molar-refractivity contribution in [2.45, 2.75) is 44.6 Å². The molecule has 0 spiro atoms. The summed E-state index contributed by atoms with van der Waals surface area (Å²) in [6, 6.07) is 10.2. The van der Waals surface area contributed by atoms with E-state index in [0.717, 1.165) is 11.3 Å². The minimum Gasteiger partial charge on any atom is -0.360 e. The lowest BCUT2D eigenvalue weighted by Crippen LogP contribution is -2.10. The molecule has 2 aromatic rings. The number of nitrogens with zero attached hydrogens (tertiary/aromatic N) is 1. The Morgan fingerprint density at radius 1 is 1.15 bits per heavy atom. The Hall–Kier alpha value is -1.42. The zero-order chi connectivity index (χ0) is 14.8. The normalized spacial score (nSPS) is 13.4. The summed E-state index contributed by atoms with van der Waals surface area (Å²) in [7, 11) is -0.970. The minimum atomic E-state index is -0.970. The van der Waals surface area contributed by atoms with E-state index in [2.05, 4.69) is 50.2 Å². The molecule has 108 valence electrons. The largest absolute Gasteiger partial charge is 0.360 e. The molecular weight excluding hydrogens is 270 g/mol. The lowest BCUT2D eigenvalue weighted by molar-refractivity contribution is 0.390. The monoisotopic (exact) mass is 291 g/mol. The quantitative estimate of drug-likeness (QED) is 0.862. The minimum absolute atomic E-state index is 0.148. The fraction of sp³-hybridized carbons (Fsp3) is 0.438. The zero-order valence-corrected chi connectivity index (χ0v) is 13.3. The molecule has 0 saturated carbocycles. The van der Waals surface area contributed by atoms with Crippen LogP contribution >= 0.6 is 0 Å². The van der Waals surface area contributed by atoms with Gasteiger partial charge in [-0.15, -0.1) is 0 Å². The molecule has 3 nitrogen and oxygen atoms in total. The second-order valence-electron chi connectivity index (χ2n) is 6.11. The molecule has 4 heteroatoms. The molecule has 0 N–H and O–H groups in total. The van der Waals surface area contributed by atoms with E-state index in [1.54, 1.807) is 0 Å². The smallest absolute Gasteiger partial charge is 0.149 e. The highest BCUT2D eigenvalue weighted by Gasteiger charge is 2.13. The second-order valence-corrected chi connectivity index (χ2v) is 7.57. The van der Waals surface area contributed by atoms with Crippen molar-refractivity contribution in [2.75, 3.05) is 0 Å². The second kappa shape index (κ2) is 5.92. The summed E-state index contributed by atoms with van der Waals surface area (Å²) in [4.78, 5) is 0. The van der Waals surface area contributed by atoms with Crippen molar-refractivity contribution in [3.63, 3.8) is 0 Å². The summed E-state index contributed by atoms with van der Waals surface area (Å²) in [6.07, 6.45) is 0. The van der Waals surface area contributed by atoms with Gasteiger partial charge in [-0.2, -0.15) is 0 Å². The van der Waals surface area contributed by atoms with Crippen LogP contribution in [0.2, 0.25) is 0 Å². The van der Waals surface area contributed by atoms with Crippen LogP contribution in [0.5, 0.6) is 0 Å². The number of aromatic nitrogens is 1. The van der Waals surface area contributed by atoms with Crippen LogP contribution in [-0.2, 0) is 27.7 Å². The van der Waals surface area contributed by atoms with Gasteiger partial charge in [-0.05, 0) is 23.5 Å². The third-order valence-electron chi connectivity index (χ3n) is 3.13. The maximum Gasteiger partial charge on any atom is 0.149 e. The zero-order valence-electron chi connectivity index (χ0n) is 12.5. The average molecular weight is 291 g/mol. The van der Waals surface area contributed by atoms with Crippen LogP contribution in [0.25, 0.3) is 0 Å². The van der Waals surface area contributed by atoms with Crippen LogP contribution in [-0.4, -0.2) is 9.37 Å². The molecule has 1 heterocycles. The van der Waals surface area contributed by atoms with E-state index in [9.17, 15) is 4.21 Å². The summed E-state index contributed by atoms with van der Waals surface area (Å²) in [5.74, 6) is 1.65. The summed E-state index contributed by atoms with van der Waals surface area (Å²) >= 11 is 0. The van der Waals surface area contributed by atoms with Gasteiger partial charge in [0.2, 0.25) is 0 Å². The third kappa shape index (κ3) is 4.04. The van der Waals surface area contributed by atoms with Crippen molar-refractivity contribution in [1.82, 2.24) is 5.16 Å². The predicted octanol–water partition coefficient (Wildman–Crippen LogP) is 3.73. The molecule has 0 fully saturated rings. The van der Waals surface area contributed by atoms with Crippen molar-refractivity contribution in [1.29, 1.82) is 0 Å². The highest BCUT2D eigenvalue weighted by Crippen LogP contribution is 2.22. The summed E-state index contributed by atoms with van der Waals surface area (Å²) in [6.45, 7) is 8.42. The summed E-state index contributed by atoms with van der Waals surface area (Å²) in [5, 5.41) is 3.81. The average Bonchev–Trinajstić information content (AvgIpc) is 2.74. The van der Waals surface area contributed by atoms with Crippen LogP contribution in [0.3, 0.4) is 0 Å². The van der Waals surface area contributed by atoms with Crippen molar-refractivity contribution in [3.8, 4) is 0 Å². The van der Waals surface area contributed by atoms with E-state index in [4.69, 9.17) is 4.52 Å². The number of aryl methyl sites for hydroxylation is 1. The van der Waals surface area contributed by atoms with Crippen LogP contribution in [0.1, 0.15) is 43.4 Å². The lowest BCUT2D eigenvalue weighted by Gasteiger charge is -2.19. The van der Waals surface area contributed by atoms with Crippen LogP contribution in [0.15, 0.2) is 34.9 Å². The standard InChI is InChI=1S/C16H21NO2S/c1-12-9-15(19-17-12)11-20(18)10-13-5-7-14(8-6-13)16(2,3)4/h5-9H,10-11H2,1-4H3/t20-/m1/s1. The molecule has 0 radical (unpaired) electrons. The molecule has 0 aliphatic heterocycles. The van der Waals surface area contributed by atoms with Crippen LogP contribution in [0.4, 0.5) is 0 Å². The Morgan fingerprint density at radius 2 is 1.80 bits per heavy atom. The Bertz CT molecular complexity index is 594. The van der Waals surface area contributed by atoms with Crippen LogP contribution in [0, 0.1) is 6.92 Å². The van der Waals surface area contributed by atoms with Crippen molar-refractivity contribution in [2.24, 2.45) is 0 Å². The molecule has 0 saturated heterocycles. The van der Waals surface area contributed by atoms with Gasteiger partial charge in [-0.3, -0.25) is 4.21 Å². The summed E-state index contributed by atoms with van der Waals surface area (Å²) in [5.41, 5.74) is 3.35. The third-order valence-corrected chi connectivity index (χ3v) is 4.39. The SMILES string of the molecule is Cc1cc(C[S@](=O)Cc2ccc(C(C)(C)C)cc2)on1. The maximum absolute atomic E-state index is 12.1. The highest BCUT2D eigenvalue weighted by atomic mass is 32.2. The Labute approximate surface area is 122 Å². The Morgan fingerprint density at radius 3 is 2.30 bits per heavy atom. The molecule has 0 aliphatic rings. The van der Waals surface area contributed by atoms with E-state index >= 15 is 0 Å². The van der Waals surface area contributed by atoms with Gasteiger partial charge in [0.25, 0.3) is 0 Å². The van der Waals surface area contributed by atoms with Gasteiger partial charge in [0.15, 0.2) is 0 Å². The van der Waals surface area contributed by atoms with E-state index in [0.29, 0.717) is 17.3 Å². The van der Waals surface area contributed by atoms with Gasteiger partial charge in [0.05, 0.1) is 11.4 Å². The van der Waals surface area contributed by atoms with Crippen molar-refractivity contribution >= 4 is 10.8 Å². The topological polar surface area (TPSA) is 43.1 Å². The number of hydrogen-bond acceptors (Lipinski definition) is 3. The van der Waals surface area contributed by atoms with E-state index in [-0.39, 0.29) is 5.41 Å². The first kappa shape index (κ1) is 15.0. The first-order valence-corrected chi connectivity index (χ1v) is 8.20. The fourth-order valence-electron chi connectivity index (χ4n) is 1.98. The molecule has 1 atom stereocenters. The highest BCUT2D eigenvalue weighted by molar-refractivity contribution is 7.83. The number of rotatable bonds is 4. The number of benzene rings is 1. The first-order valence-electron chi connectivity index (χ1n) is 6.71. The van der Waals surface area contributed by atoms with Gasteiger partial charge in [-0.1, -0.05) is 50.2 Å². The van der Waals surface area contributed by atoms with E-state index in [1.165, 1.54) is 5.56 Å². The first-order chi connectivity index (χ1) is 9.34.